The minimum absolute atomic E-state index is 0.000977. The Bertz CT molecular complexity index is 1100. The number of hydrogen-bond donors (Lipinski definition) is 2. The molecular weight excluding hydrogens is 376 g/mol. The fourth-order valence-corrected chi connectivity index (χ4v) is 5.30. The van der Waals surface area contributed by atoms with Crippen LogP contribution in [0, 0.1) is 20.8 Å². The number of allylic oxidation sites excluding steroid dienone is 1. The molecule has 0 aliphatic heterocycles. The third kappa shape index (κ3) is 3.24. The van der Waals surface area contributed by atoms with Crippen LogP contribution < -0.4 is 0 Å². The van der Waals surface area contributed by atoms with E-state index in [1.165, 1.54) is 0 Å². The van der Waals surface area contributed by atoms with Gasteiger partial charge >= 0.3 is 0 Å². The normalized spacial score (nSPS) is 16.5. The molecule has 2 aromatic rings. The molecule has 0 spiro atoms. The lowest BCUT2D eigenvalue weighted by molar-refractivity contribution is 0.0992. The number of benzene rings is 2. The zero-order chi connectivity index (χ0) is 21.6. The van der Waals surface area contributed by atoms with E-state index < -0.39 is 0 Å². The van der Waals surface area contributed by atoms with E-state index in [1.807, 2.05) is 32.9 Å². The molecule has 4 nitrogen and oxygen atoms in total. The molecule has 0 saturated heterocycles. The van der Waals surface area contributed by atoms with Gasteiger partial charge in [-0.15, -0.1) is 0 Å². The van der Waals surface area contributed by atoms with Crippen molar-refractivity contribution in [3.8, 4) is 0 Å². The van der Waals surface area contributed by atoms with Crippen molar-refractivity contribution in [3.05, 3.63) is 73.3 Å². The lowest BCUT2D eigenvalue weighted by Gasteiger charge is -2.14. The lowest BCUT2D eigenvalue weighted by Crippen LogP contribution is -2.06. The first-order valence-corrected chi connectivity index (χ1v) is 10.6. The predicted molar refractivity (Wildman–Crippen MR) is 117 cm³/mol. The third-order valence-corrected chi connectivity index (χ3v) is 6.70. The maximum atomic E-state index is 13.3. The zero-order valence-electron chi connectivity index (χ0n) is 17.9. The number of fused-ring (bicyclic) bond motifs is 2. The first-order chi connectivity index (χ1) is 14.4. The lowest BCUT2D eigenvalue weighted by atomic mass is 9.90. The van der Waals surface area contributed by atoms with E-state index in [1.54, 1.807) is 0 Å². The van der Waals surface area contributed by atoms with E-state index in [2.05, 4.69) is 6.07 Å². The average Bonchev–Trinajstić information content (AvgIpc) is 3.22. The highest BCUT2D eigenvalue weighted by Crippen LogP contribution is 2.36. The van der Waals surface area contributed by atoms with Crippen molar-refractivity contribution in [2.45, 2.75) is 52.9 Å². The summed E-state index contributed by atoms with van der Waals surface area (Å²) < 4.78 is 0. The summed E-state index contributed by atoms with van der Waals surface area (Å²) in [6, 6.07) is 4.12. The Kier molecular flexibility index (Phi) is 5.48. The number of aliphatic hydroxyl groups is 2. The second kappa shape index (κ2) is 7.93. The van der Waals surface area contributed by atoms with Gasteiger partial charge in [-0.25, -0.2) is 0 Å². The van der Waals surface area contributed by atoms with E-state index in [9.17, 15) is 19.8 Å². The number of rotatable bonds is 5. The van der Waals surface area contributed by atoms with Crippen molar-refractivity contribution >= 4 is 17.6 Å². The predicted octanol–water partition coefficient (Wildman–Crippen LogP) is 3.63. The van der Waals surface area contributed by atoms with Crippen LogP contribution in [0.4, 0.5) is 0 Å². The molecule has 0 aromatic heterocycles. The molecule has 156 valence electrons. The summed E-state index contributed by atoms with van der Waals surface area (Å²) in [5.74, 6) is 0.221. The van der Waals surface area contributed by atoms with Crippen molar-refractivity contribution in [1.82, 2.24) is 0 Å². The summed E-state index contributed by atoms with van der Waals surface area (Å²) in [6.07, 6.45) is 4.83. The largest absolute Gasteiger partial charge is 0.396 e. The number of Topliss-reactive ketones (excluding diaryl/α,β-unsaturated/α-hetero) is 2. The van der Waals surface area contributed by atoms with Gasteiger partial charge in [0, 0.05) is 42.8 Å². The van der Waals surface area contributed by atoms with E-state index in [0.717, 1.165) is 67.6 Å². The van der Waals surface area contributed by atoms with Crippen LogP contribution in [0.5, 0.6) is 0 Å². The van der Waals surface area contributed by atoms with Gasteiger partial charge in [-0.2, -0.15) is 0 Å². The standard InChI is InChI=1S/C26H28O4/c1-14-10-19-13-20(26(30)25(19)15(2)21(14)6-8-27)12-18-11-17-4-5-23(29)24(17)16(3)22(18)7-9-28/h10-12,27-28H,4-9,13H2,1-3H3. The van der Waals surface area contributed by atoms with Gasteiger partial charge in [0.2, 0.25) is 0 Å². The molecule has 0 fully saturated rings. The number of aryl methyl sites for hydroxylation is 2. The second-order valence-electron chi connectivity index (χ2n) is 8.48. The van der Waals surface area contributed by atoms with Crippen molar-refractivity contribution < 1.29 is 19.8 Å². The molecule has 2 aromatic carbocycles. The number of aliphatic hydroxyl groups excluding tert-OH is 2. The second-order valence-corrected chi connectivity index (χ2v) is 8.48. The molecule has 0 heterocycles. The summed E-state index contributed by atoms with van der Waals surface area (Å²) in [6.45, 7) is 6.02. The maximum Gasteiger partial charge on any atom is 0.189 e. The van der Waals surface area contributed by atoms with Crippen LogP contribution in [0.15, 0.2) is 17.7 Å². The first kappa shape index (κ1) is 20.7. The van der Waals surface area contributed by atoms with Crippen molar-refractivity contribution in [2.75, 3.05) is 13.2 Å². The minimum Gasteiger partial charge on any atom is -0.396 e. The molecule has 0 saturated carbocycles. The first-order valence-electron chi connectivity index (χ1n) is 10.6. The van der Waals surface area contributed by atoms with Crippen LogP contribution in [0.2, 0.25) is 0 Å². The molecule has 0 atom stereocenters. The number of carbonyl (C=O) groups is 2. The average molecular weight is 405 g/mol. The van der Waals surface area contributed by atoms with Crippen molar-refractivity contribution in [1.29, 1.82) is 0 Å². The summed E-state index contributed by atoms with van der Waals surface area (Å²) >= 11 is 0. The summed E-state index contributed by atoms with van der Waals surface area (Å²) in [7, 11) is 0. The van der Waals surface area contributed by atoms with Gasteiger partial charge in [0.05, 0.1) is 0 Å². The molecule has 4 heteroatoms. The molecule has 30 heavy (non-hydrogen) atoms. The molecule has 0 bridgehead atoms. The van der Waals surface area contributed by atoms with Crippen LogP contribution in [-0.2, 0) is 25.7 Å². The van der Waals surface area contributed by atoms with E-state index in [4.69, 9.17) is 0 Å². The fraction of sp³-hybridized carbons (Fsp3) is 0.385. The van der Waals surface area contributed by atoms with Crippen molar-refractivity contribution in [3.63, 3.8) is 0 Å². The molecular formula is C26H28O4. The highest BCUT2D eigenvalue weighted by Gasteiger charge is 2.30. The Labute approximate surface area is 177 Å². The highest BCUT2D eigenvalue weighted by molar-refractivity contribution is 6.16. The Morgan fingerprint density at radius 1 is 0.867 bits per heavy atom. The van der Waals surface area contributed by atoms with Gasteiger partial charge in [0.1, 0.15) is 0 Å². The molecule has 2 aliphatic carbocycles. The Hall–Kier alpha value is -2.56. The Balaban J connectivity index is 1.81. The summed E-state index contributed by atoms with van der Waals surface area (Å²) in [5, 5.41) is 19.0. The van der Waals surface area contributed by atoms with E-state index in [0.29, 0.717) is 25.7 Å². The fourth-order valence-electron chi connectivity index (χ4n) is 5.30. The topological polar surface area (TPSA) is 74.6 Å². The van der Waals surface area contributed by atoms with Gasteiger partial charge in [0.25, 0.3) is 0 Å². The maximum absolute atomic E-state index is 13.3. The van der Waals surface area contributed by atoms with E-state index >= 15 is 0 Å². The monoisotopic (exact) mass is 404 g/mol. The van der Waals surface area contributed by atoms with Crippen LogP contribution in [0.25, 0.3) is 6.08 Å². The quantitative estimate of drug-likeness (QED) is 0.747. The molecule has 4 rings (SSSR count). The van der Waals surface area contributed by atoms with Crippen LogP contribution in [0.3, 0.4) is 0 Å². The van der Waals surface area contributed by atoms with Crippen molar-refractivity contribution in [2.24, 2.45) is 0 Å². The van der Waals surface area contributed by atoms with Crippen LogP contribution in [-0.4, -0.2) is 35.0 Å². The highest BCUT2D eigenvalue weighted by atomic mass is 16.3. The molecule has 0 radical (unpaired) electrons. The molecule has 2 N–H and O–H groups in total. The molecule has 2 aliphatic rings. The molecule has 0 unspecified atom stereocenters. The van der Waals surface area contributed by atoms with Gasteiger partial charge in [-0.1, -0.05) is 12.1 Å². The smallest absolute Gasteiger partial charge is 0.189 e. The number of hydrogen-bond acceptors (Lipinski definition) is 4. The number of carbonyl (C=O) groups excluding carboxylic acids is 2. The minimum atomic E-state index is 0.000977. The van der Waals surface area contributed by atoms with Gasteiger partial charge < -0.3 is 10.2 Å². The molecule has 0 amide bonds. The third-order valence-electron chi connectivity index (χ3n) is 6.70. The summed E-state index contributed by atoms with van der Waals surface area (Å²) in [4.78, 5) is 25.6. The number of ketones is 2. The Morgan fingerprint density at radius 3 is 2.23 bits per heavy atom. The SMILES string of the molecule is Cc1cc2c(c(C)c1CCO)C(=O)C(=Cc1cc3c(c(C)c1CCO)C(=O)CC3)C2. The Morgan fingerprint density at radius 2 is 1.53 bits per heavy atom. The van der Waals surface area contributed by atoms with Gasteiger partial charge in [-0.05, 0) is 90.6 Å². The van der Waals surface area contributed by atoms with Gasteiger partial charge in [0.15, 0.2) is 11.6 Å². The van der Waals surface area contributed by atoms with Gasteiger partial charge in [-0.3, -0.25) is 9.59 Å². The summed E-state index contributed by atoms with van der Waals surface area (Å²) in [5.41, 5.74) is 10.4. The van der Waals surface area contributed by atoms with Crippen LogP contribution >= 0.6 is 0 Å². The van der Waals surface area contributed by atoms with E-state index in [-0.39, 0.29) is 24.8 Å². The zero-order valence-corrected chi connectivity index (χ0v) is 17.9. The van der Waals surface area contributed by atoms with Crippen LogP contribution in [0.1, 0.15) is 71.6 Å².